The van der Waals surface area contributed by atoms with E-state index in [0.29, 0.717) is 5.56 Å². The summed E-state index contributed by atoms with van der Waals surface area (Å²) in [5, 5.41) is 10.7. The smallest absolute Gasteiger partial charge is 0.269 e. The molecule has 0 bridgehead atoms. The van der Waals surface area contributed by atoms with E-state index in [9.17, 15) is 23.3 Å². The summed E-state index contributed by atoms with van der Waals surface area (Å²) in [6.07, 6.45) is 2.80. The van der Waals surface area contributed by atoms with Gasteiger partial charge in [-0.25, -0.2) is 8.42 Å². The van der Waals surface area contributed by atoms with Crippen molar-refractivity contribution in [3.8, 4) is 0 Å². The lowest BCUT2D eigenvalue weighted by atomic mass is 10.1. The van der Waals surface area contributed by atoms with Gasteiger partial charge in [0.15, 0.2) is 0 Å². The lowest BCUT2D eigenvalue weighted by Gasteiger charge is -2.34. The number of nitro benzene ring substituents is 1. The van der Waals surface area contributed by atoms with Crippen molar-refractivity contribution < 1.29 is 18.1 Å². The first-order valence-corrected chi connectivity index (χ1v) is 9.27. The van der Waals surface area contributed by atoms with Crippen molar-refractivity contribution in [3.05, 3.63) is 64.5 Å². The standard InChI is InChI=1S/C16H16N4O5S/c21-16(13-3-5-14(6-4-13)20(22)23)18-8-10-19(11-9-18)26(24,25)15-2-1-7-17-12-15/h1-7,12H,8-11H2. The second kappa shape index (κ2) is 7.18. The van der Waals surface area contributed by atoms with E-state index in [-0.39, 0.29) is 42.7 Å². The van der Waals surface area contributed by atoms with E-state index in [1.54, 1.807) is 6.07 Å². The van der Waals surface area contributed by atoms with Gasteiger partial charge >= 0.3 is 0 Å². The van der Waals surface area contributed by atoms with Crippen molar-refractivity contribution in [2.75, 3.05) is 26.2 Å². The molecule has 10 heteroatoms. The molecule has 0 radical (unpaired) electrons. The Hall–Kier alpha value is -2.85. The number of piperazine rings is 1. The molecule has 1 fully saturated rings. The number of pyridine rings is 1. The normalized spacial score (nSPS) is 15.6. The van der Waals surface area contributed by atoms with E-state index in [1.165, 1.54) is 51.9 Å². The Bertz CT molecular complexity index is 907. The fraction of sp³-hybridized carbons (Fsp3) is 0.250. The number of rotatable bonds is 4. The number of nitro groups is 1. The quantitative estimate of drug-likeness (QED) is 0.584. The lowest BCUT2D eigenvalue weighted by Crippen LogP contribution is -2.50. The zero-order chi connectivity index (χ0) is 18.7. The number of nitrogens with zero attached hydrogens (tertiary/aromatic N) is 4. The first kappa shape index (κ1) is 18.0. The Morgan fingerprint density at radius 1 is 1.08 bits per heavy atom. The molecule has 9 nitrogen and oxygen atoms in total. The highest BCUT2D eigenvalue weighted by Crippen LogP contribution is 2.18. The Balaban J connectivity index is 1.66. The highest BCUT2D eigenvalue weighted by Gasteiger charge is 2.30. The van der Waals surface area contributed by atoms with Crippen LogP contribution in [-0.4, -0.2) is 59.6 Å². The van der Waals surface area contributed by atoms with E-state index in [1.807, 2.05) is 0 Å². The maximum atomic E-state index is 12.6. The molecule has 2 heterocycles. The van der Waals surface area contributed by atoms with Gasteiger partial charge in [-0.05, 0) is 24.3 Å². The minimum Gasteiger partial charge on any atom is -0.336 e. The minimum absolute atomic E-state index is 0.0890. The van der Waals surface area contributed by atoms with Gasteiger partial charge in [-0.1, -0.05) is 0 Å². The van der Waals surface area contributed by atoms with E-state index < -0.39 is 14.9 Å². The molecule has 1 aromatic heterocycles. The summed E-state index contributed by atoms with van der Waals surface area (Å²) in [6.45, 7) is 0.844. The number of non-ortho nitro benzene ring substituents is 1. The summed E-state index contributed by atoms with van der Waals surface area (Å²) >= 11 is 0. The largest absolute Gasteiger partial charge is 0.336 e. The second-order valence-corrected chi connectivity index (χ2v) is 7.63. The van der Waals surface area contributed by atoms with Gasteiger partial charge < -0.3 is 4.90 Å². The fourth-order valence-electron chi connectivity index (χ4n) is 2.69. The molecule has 0 saturated carbocycles. The maximum absolute atomic E-state index is 12.6. The van der Waals surface area contributed by atoms with Crippen molar-refractivity contribution in [3.63, 3.8) is 0 Å². The second-order valence-electron chi connectivity index (χ2n) is 5.69. The molecule has 1 aromatic carbocycles. The number of hydrogen-bond donors (Lipinski definition) is 0. The van der Waals surface area contributed by atoms with Crippen LogP contribution < -0.4 is 0 Å². The molecule has 3 rings (SSSR count). The van der Waals surface area contributed by atoms with Crippen LogP contribution >= 0.6 is 0 Å². The average molecular weight is 376 g/mol. The number of hydrogen-bond acceptors (Lipinski definition) is 6. The third-order valence-electron chi connectivity index (χ3n) is 4.12. The maximum Gasteiger partial charge on any atom is 0.269 e. The summed E-state index contributed by atoms with van der Waals surface area (Å²) in [5.74, 6) is -0.279. The molecule has 0 spiro atoms. The summed E-state index contributed by atoms with van der Waals surface area (Å²) in [7, 11) is -3.63. The Kier molecular flexibility index (Phi) is 4.96. The molecule has 2 aromatic rings. The average Bonchev–Trinajstić information content (AvgIpc) is 2.68. The van der Waals surface area contributed by atoms with Crippen LogP contribution in [0.25, 0.3) is 0 Å². The molecule has 1 amide bonds. The van der Waals surface area contributed by atoms with Crippen LogP contribution in [0.15, 0.2) is 53.7 Å². The molecule has 0 unspecified atom stereocenters. The number of amides is 1. The van der Waals surface area contributed by atoms with Crippen LogP contribution in [0.1, 0.15) is 10.4 Å². The van der Waals surface area contributed by atoms with Gasteiger partial charge in [-0.3, -0.25) is 19.9 Å². The Morgan fingerprint density at radius 3 is 2.27 bits per heavy atom. The van der Waals surface area contributed by atoms with E-state index >= 15 is 0 Å². The van der Waals surface area contributed by atoms with Crippen LogP contribution in [0.4, 0.5) is 5.69 Å². The predicted octanol–water partition coefficient (Wildman–Crippen LogP) is 1.14. The number of sulfonamides is 1. The van der Waals surface area contributed by atoms with Gasteiger partial charge in [0, 0.05) is 56.3 Å². The zero-order valence-electron chi connectivity index (χ0n) is 13.7. The van der Waals surface area contributed by atoms with Crippen LogP contribution in [0.5, 0.6) is 0 Å². The summed E-state index contributed by atoms with van der Waals surface area (Å²) in [5.41, 5.74) is 0.244. The molecule has 1 aliphatic heterocycles. The van der Waals surface area contributed by atoms with Gasteiger partial charge in [0.25, 0.3) is 11.6 Å². The highest BCUT2D eigenvalue weighted by molar-refractivity contribution is 7.89. The van der Waals surface area contributed by atoms with Crippen LogP contribution in [-0.2, 0) is 10.0 Å². The summed E-state index contributed by atoms with van der Waals surface area (Å²) < 4.78 is 26.4. The lowest BCUT2D eigenvalue weighted by molar-refractivity contribution is -0.384. The third-order valence-corrected chi connectivity index (χ3v) is 6.01. The summed E-state index contributed by atoms with van der Waals surface area (Å²) in [6, 6.07) is 8.39. The Morgan fingerprint density at radius 2 is 1.73 bits per heavy atom. The van der Waals surface area contributed by atoms with Gasteiger partial charge in [0.2, 0.25) is 10.0 Å². The summed E-state index contributed by atoms with van der Waals surface area (Å²) in [4.78, 5) is 28.1. The van der Waals surface area contributed by atoms with Gasteiger partial charge in [-0.15, -0.1) is 0 Å². The molecule has 26 heavy (non-hydrogen) atoms. The van der Waals surface area contributed by atoms with Crippen molar-refractivity contribution in [2.24, 2.45) is 0 Å². The van der Waals surface area contributed by atoms with Gasteiger partial charge in [-0.2, -0.15) is 4.31 Å². The van der Waals surface area contributed by atoms with Crippen LogP contribution in [0.3, 0.4) is 0 Å². The SMILES string of the molecule is O=C(c1ccc([N+](=O)[O-])cc1)N1CCN(S(=O)(=O)c2cccnc2)CC1. The van der Waals surface area contributed by atoms with Crippen molar-refractivity contribution in [2.45, 2.75) is 4.90 Å². The number of benzene rings is 1. The number of carbonyl (C=O) groups is 1. The minimum atomic E-state index is -3.63. The molecule has 136 valence electrons. The first-order chi connectivity index (χ1) is 12.4. The number of aromatic nitrogens is 1. The molecule has 0 N–H and O–H groups in total. The topological polar surface area (TPSA) is 114 Å². The fourth-order valence-corrected chi connectivity index (χ4v) is 4.08. The van der Waals surface area contributed by atoms with E-state index in [2.05, 4.69) is 4.98 Å². The van der Waals surface area contributed by atoms with Crippen LogP contribution in [0, 0.1) is 10.1 Å². The number of carbonyl (C=O) groups excluding carboxylic acids is 1. The molecule has 0 atom stereocenters. The van der Waals surface area contributed by atoms with Crippen LogP contribution in [0.2, 0.25) is 0 Å². The monoisotopic (exact) mass is 376 g/mol. The highest BCUT2D eigenvalue weighted by atomic mass is 32.2. The Labute approximate surface area is 150 Å². The molecule has 1 saturated heterocycles. The molecular weight excluding hydrogens is 360 g/mol. The molecular formula is C16H16N4O5S. The third kappa shape index (κ3) is 3.55. The zero-order valence-corrected chi connectivity index (χ0v) is 14.5. The van der Waals surface area contributed by atoms with Crippen molar-refractivity contribution in [1.82, 2.24) is 14.2 Å². The predicted molar refractivity (Wildman–Crippen MR) is 92.0 cm³/mol. The van der Waals surface area contributed by atoms with Crippen molar-refractivity contribution in [1.29, 1.82) is 0 Å². The van der Waals surface area contributed by atoms with E-state index in [4.69, 9.17) is 0 Å². The first-order valence-electron chi connectivity index (χ1n) is 7.83. The van der Waals surface area contributed by atoms with Crippen molar-refractivity contribution >= 4 is 21.6 Å². The van der Waals surface area contributed by atoms with Gasteiger partial charge in [0.05, 0.1) is 4.92 Å². The molecule has 1 aliphatic rings. The molecule has 0 aliphatic carbocycles. The van der Waals surface area contributed by atoms with E-state index in [0.717, 1.165) is 0 Å². The van der Waals surface area contributed by atoms with Gasteiger partial charge in [0.1, 0.15) is 4.90 Å².